The van der Waals surface area contributed by atoms with E-state index in [1.54, 1.807) is 18.2 Å². The largest absolute Gasteiger partial charge is 0.461 e. The fourth-order valence-corrected chi connectivity index (χ4v) is 2.84. The number of rotatable bonds is 4. The Morgan fingerprint density at radius 2 is 1.48 bits per heavy atom. The van der Waals surface area contributed by atoms with E-state index in [1.165, 1.54) is 24.3 Å². The van der Waals surface area contributed by atoms with Gasteiger partial charge in [0.2, 0.25) is 0 Å². The van der Waals surface area contributed by atoms with Crippen LogP contribution in [0.15, 0.2) is 42.5 Å². The van der Waals surface area contributed by atoms with E-state index >= 15 is 0 Å². The van der Waals surface area contributed by atoms with E-state index < -0.39 is 28.4 Å². The van der Waals surface area contributed by atoms with Crippen molar-refractivity contribution in [3.63, 3.8) is 0 Å². The number of ketones is 2. The lowest BCUT2D eigenvalue weighted by Crippen LogP contribution is -2.22. The van der Waals surface area contributed by atoms with Gasteiger partial charge >= 0.3 is 5.97 Å². The number of ether oxygens (including phenoxy) is 1. The van der Waals surface area contributed by atoms with E-state index in [1.807, 2.05) is 0 Å². The summed E-state index contributed by atoms with van der Waals surface area (Å²) in [6.45, 7) is -0.523. The Morgan fingerprint density at radius 1 is 0.920 bits per heavy atom. The predicted octanol–water partition coefficient (Wildman–Crippen LogP) is 1.51. The van der Waals surface area contributed by atoms with Crippen LogP contribution in [0.25, 0.3) is 0 Å². The summed E-state index contributed by atoms with van der Waals surface area (Å²) in [6, 6.07) is 10.4. The smallest absolute Gasteiger partial charge is 0.338 e. The summed E-state index contributed by atoms with van der Waals surface area (Å²) in [5, 5.41) is 0. The van der Waals surface area contributed by atoms with Gasteiger partial charge in [0.15, 0.2) is 11.6 Å². The summed E-state index contributed by atoms with van der Waals surface area (Å²) in [5.74, 6) is -2.27. The zero-order valence-electron chi connectivity index (χ0n) is 12.8. The Balaban J connectivity index is 1.88. The Labute approximate surface area is 143 Å². The third-order valence-electron chi connectivity index (χ3n) is 3.74. The van der Waals surface area contributed by atoms with E-state index in [0.717, 1.165) is 0 Å². The average Bonchev–Trinajstić information content (AvgIpc) is 2.58. The van der Waals surface area contributed by atoms with Crippen LogP contribution in [0.4, 0.5) is 0 Å². The van der Waals surface area contributed by atoms with E-state index in [9.17, 15) is 22.8 Å². The summed E-state index contributed by atoms with van der Waals surface area (Å²) in [7, 11) is -4.24. The van der Waals surface area contributed by atoms with Gasteiger partial charge in [-0.1, -0.05) is 24.3 Å². The first-order valence-corrected chi connectivity index (χ1v) is 8.83. The first kappa shape index (κ1) is 17.0. The number of carbonyl (C=O) groups is 3. The van der Waals surface area contributed by atoms with E-state index in [-0.39, 0.29) is 33.8 Å². The van der Waals surface area contributed by atoms with Gasteiger partial charge in [0.05, 0.1) is 5.56 Å². The van der Waals surface area contributed by atoms with Crippen molar-refractivity contribution in [1.82, 2.24) is 0 Å². The maximum Gasteiger partial charge on any atom is 0.338 e. The number of hydrogen-bond acceptors (Lipinski definition) is 6. The Kier molecular flexibility index (Phi) is 4.23. The third-order valence-corrected chi connectivity index (χ3v) is 4.42. The SMILES string of the molecule is O=C(OCCS(=O)(=O)O)c1ccc2c(c1)C(=O)c1ccccc1C2=O. The van der Waals surface area contributed by atoms with Crippen molar-refractivity contribution >= 4 is 27.7 Å². The lowest BCUT2D eigenvalue weighted by atomic mass is 9.83. The first-order chi connectivity index (χ1) is 11.8. The highest BCUT2D eigenvalue weighted by Gasteiger charge is 2.30. The topological polar surface area (TPSA) is 115 Å². The van der Waals surface area contributed by atoms with Crippen molar-refractivity contribution in [2.75, 3.05) is 12.4 Å². The van der Waals surface area contributed by atoms with Crippen LogP contribution in [0, 0.1) is 0 Å². The molecule has 0 unspecified atom stereocenters. The Morgan fingerprint density at radius 3 is 2.08 bits per heavy atom. The molecule has 0 aromatic heterocycles. The molecule has 25 heavy (non-hydrogen) atoms. The highest BCUT2D eigenvalue weighted by atomic mass is 32.2. The van der Waals surface area contributed by atoms with Gasteiger partial charge in [-0.3, -0.25) is 14.1 Å². The molecular formula is C17H12O7S. The third kappa shape index (κ3) is 3.35. The molecule has 0 atom stereocenters. The van der Waals surface area contributed by atoms with Gasteiger partial charge < -0.3 is 4.74 Å². The molecule has 0 saturated heterocycles. The van der Waals surface area contributed by atoms with Gasteiger partial charge in [-0.25, -0.2) is 4.79 Å². The highest BCUT2D eigenvalue weighted by Crippen LogP contribution is 2.28. The molecule has 0 fully saturated rings. The van der Waals surface area contributed by atoms with Gasteiger partial charge in [-0.05, 0) is 18.2 Å². The molecule has 1 aliphatic rings. The summed E-state index contributed by atoms with van der Waals surface area (Å²) in [5.41, 5.74) is 0.862. The average molecular weight is 360 g/mol. The zero-order chi connectivity index (χ0) is 18.2. The molecule has 0 aliphatic heterocycles. The normalized spacial score (nSPS) is 13.2. The van der Waals surface area contributed by atoms with Gasteiger partial charge in [0.1, 0.15) is 12.4 Å². The summed E-state index contributed by atoms with van der Waals surface area (Å²) < 4.78 is 34.6. The molecule has 0 spiro atoms. The fraction of sp³-hybridized carbons (Fsp3) is 0.118. The standard InChI is InChI=1S/C17H12O7S/c18-15-11-3-1-2-4-12(11)16(19)14-9-10(5-6-13(14)15)17(20)24-7-8-25(21,22)23/h1-6,9H,7-8H2,(H,21,22,23). The van der Waals surface area contributed by atoms with E-state index in [4.69, 9.17) is 9.29 Å². The lowest BCUT2D eigenvalue weighted by Gasteiger charge is -2.17. The quantitative estimate of drug-likeness (QED) is 0.554. The van der Waals surface area contributed by atoms with Crippen LogP contribution >= 0.6 is 0 Å². The molecule has 2 aromatic carbocycles. The minimum Gasteiger partial charge on any atom is -0.461 e. The molecule has 1 aliphatic carbocycles. The maximum absolute atomic E-state index is 12.6. The molecule has 0 bridgehead atoms. The Hall–Kier alpha value is -2.84. The number of hydrogen-bond donors (Lipinski definition) is 1. The van der Waals surface area contributed by atoms with Crippen LogP contribution in [-0.4, -0.2) is 42.9 Å². The lowest BCUT2D eigenvalue weighted by molar-refractivity contribution is 0.0528. The van der Waals surface area contributed by atoms with Crippen molar-refractivity contribution in [3.8, 4) is 0 Å². The molecule has 8 heteroatoms. The zero-order valence-corrected chi connectivity index (χ0v) is 13.6. The number of benzene rings is 2. The maximum atomic E-state index is 12.6. The van der Waals surface area contributed by atoms with Crippen LogP contribution in [0.5, 0.6) is 0 Å². The second kappa shape index (κ2) is 6.23. The van der Waals surface area contributed by atoms with E-state index in [2.05, 4.69) is 0 Å². The van der Waals surface area contributed by atoms with Crippen molar-refractivity contribution in [3.05, 3.63) is 70.3 Å². The van der Waals surface area contributed by atoms with Crippen molar-refractivity contribution in [2.45, 2.75) is 0 Å². The van der Waals surface area contributed by atoms with Crippen LogP contribution in [0.2, 0.25) is 0 Å². The summed E-state index contributed by atoms with van der Waals surface area (Å²) in [6.07, 6.45) is 0. The van der Waals surface area contributed by atoms with E-state index in [0.29, 0.717) is 5.56 Å². The molecule has 128 valence electrons. The first-order valence-electron chi connectivity index (χ1n) is 7.23. The number of esters is 1. The Bertz CT molecular complexity index is 1010. The molecule has 0 heterocycles. The summed E-state index contributed by atoms with van der Waals surface area (Å²) in [4.78, 5) is 37.0. The minimum atomic E-state index is -4.24. The van der Waals surface area contributed by atoms with Crippen molar-refractivity contribution < 1.29 is 32.1 Å². The molecule has 0 saturated carbocycles. The van der Waals surface area contributed by atoms with Crippen molar-refractivity contribution in [2.24, 2.45) is 0 Å². The van der Waals surface area contributed by atoms with Crippen LogP contribution in [0.3, 0.4) is 0 Å². The molecule has 0 amide bonds. The van der Waals surface area contributed by atoms with Crippen LogP contribution in [0.1, 0.15) is 42.2 Å². The number of fused-ring (bicyclic) bond motifs is 2. The van der Waals surface area contributed by atoms with Gasteiger partial charge in [0, 0.05) is 22.3 Å². The summed E-state index contributed by atoms with van der Waals surface area (Å²) >= 11 is 0. The predicted molar refractivity (Wildman–Crippen MR) is 86.4 cm³/mol. The molecule has 0 radical (unpaired) electrons. The molecule has 1 N–H and O–H groups in total. The number of carbonyl (C=O) groups excluding carboxylic acids is 3. The van der Waals surface area contributed by atoms with Gasteiger partial charge in [0.25, 0.3) is 10.1 Å². The highest BCUT2D eigenvalue weighted by molar-refractivity contribution is 7.85. The van der Waals surface area contributed by atoms with Crippen LogP contribution < -0.4 is 0 Å². The van der Waals surface area contributed by atoms with Crippen molar-refractivity contribution in [1.29, 1.82) is 0 Å². The van der Waals surface area contributed by atoms with Crippen LogP contribution in [-0.2, 0) is 14.9 Å². The molecule has 3 rings (SSSR count). The van der Waals surface area contributed by atoms with Gasteiger partial charge in [-0.15, -0.1) is 0 Å². The fourth-order valence-electron chi connectivity index (χ4n) is 2.55. The van der Waals surface area contributed by atoms with Gasteiger partial charge in [-0.2, -0.15) is 8.42 Å². The minimum absolute atomic E-state index is 0.00891. The molecule has 7 nitrogen and oxygen atoms in total. The second-order valence-electron chi connectivity index (χ2n) is 5.39. The molecule has 2 aromatic rings. The molecular weight excluding hydrogens is 348 g/mol. The monoisotopic (exact) mass is 360 g/mol. The second-order valence-corrected chi connectivity index (χ2v) is 6.96.